The molecule has 0 radical (unpaired) electrons. The van der Waals surface area contributed by atoms with Crippen molar-refractivity contribution in [3.8, 4) is 22.6 Å². The first kappa shape index (κ1) is 17.2. The lowest BCUT2D eigenvalue weighted by Crippen LogP contribution is -2.35. The summed E-state index contributed by atoms with van der Waals surface area (Å²) in [5.74, 6) is 1.07. The van der Waals surface area contributed by atoms with Crippen LogP contribution in [0, 0.1) is 0 Å². The Balaban J connectivity index is 1.60. The summed E-state index contributed by atoms with van der Waals surface area (Å²) < 4.78 is 16.4. The molecule has 1 N–H and O–H groups in total. The van der Waals surface area contributed by atoms with E-state index < -0.39 is 0 Å². The summed E-state index contributed by atoms with van der Waals surface area (Å²) >= 11 is 0. The Bertz CT molecular complexity index is 700. The number of rotatable bonds is 7. The highest BCUT2D eigenvalue weighted by Gasteiger charge is 2.16. The lowest BCUT2D eigenvalue weighted by molar-refractivity contribution is -0.123. The van der Waals surface area contributed by atoms with E-state index in [0.29, 0.717) is 18.0 Å². The first-order valence-electron chi connectivity index (χ1n) is 8.35. The quantitative estimate of drug-likeness (QED) is 0.837. The van der Waals surface area contributed by atoms with Crippen molar-refractivity contribution in [2.45, 2.75) is 18.9 Å². The molecule has 1 aliphatic rings. The van der Waals surface area contributed by atoms with Gasteiger partial charge in [0, 0.05) is 37.2 Å². The molecule has 1 amide bonds. The lowest BCUT2D eigenvalue weighted by Gasteiger charge is -2.13. The Labute approximate surface area is 147 Å². The fraction of sp³-hybridized carbons (Fsp3) is 0.368. The zero-order valence-corrected chi connectivity index (χ0v) is 14.2. The molecule has 3 rings (SSSR count). The third-order valence-corrected chi connectivity index (χ3v) is 4.03. The van der Waals surface area contributed by atoms with Gasteiger partial charge in [0.2, 0.25) is 0 Å². The van der Waals surface area contributed by atoms with Crippen LogP contribution in [0.1, 0.15) is 12.8 Å². The maximum atomic E-state index is 11.9. The van der Waals surface area contributed by atoms with E-state index >= 15 is 0 Å². The molecular weight excluding hydrogens is 320 g/mol. The molecule has 1 aromatic heterocycles. The second kappa shape index (κ2) is 8.48. The predicted molar refractivity (Wildman–Crippen MR) is 93.7 cm³/mol. The number of amides is 1. The second-order valence-corrected chi connectivity index (χ2v) is 5.87. The molecular formula is C19H22N2O4. The third kappa shape index (κ3) is 4.93. The molecule has 1 aromatic carbocycles. The Kier molecular flexibility index (Phi) is 5.85. The van der Waals surface area contributed by atoms with E-state index in [1.165, 1.54) is 0 Å². The highest BCUT2D eigenvalue weighted by atomic mass is 16.5. The molecule has 1 saturated heterocycles. The van der Waals surface area contributed by atoms with Gasteiger partial charge in [-0.1, -0.05) is 6.07 Å². The van der Waals surface area contributed by atoms with Gasteiger partial charge in [-0.2, -0.15) is 0 Å². The number of carbonyl (C=O) groups is 1. The van der Waals surface area contributed by atoms with Crippen LogP contribution in [-0.4, -0.2) is 43.9 Å². The Morgan fingerprint density at radius 3 is 2.92 bits per heavy atom. The predicted octanol–water partition coefficient (Wildman–Crippen LogP) is 2.43. The SMILES string of the molecule is COc1cc(OCC(=O)NCC2CCCO2)cc(-c2cccnc2)c1. The minimum Gasteiger partial charge on any atom is -0.497 e. The summed E-state index contributed by atoms with van der Waals surface area (Å²) in [5, 5.41) is 2.84. The summed E-state index contributed by atoms with van der Waals surface area (Å²) in [4.78, 5) is 16.1. The number of benzene rings is 1. The number of hydrogen-bond donors (Lipinski definition) is 1. The van der Waals surface area contributed by atoms with Crippen molar-refractivity contribution in [3.05, 3.63) is 42.7 Å². The number of aromatic nitrogens is 1. The monoisotopic (exact) mass is 342 g/mol. The second-order valence-electron chi connectivity index (χ2n) is 5.87. The van der Waals surface area contributed by atoms with E-state index in [-0.39, 0.29) is 18.6 Å². The van der Waals surface area contributed by atoms with E-state index in [1.54, 1.807) is 25.6 Å². The first-order valence-corrected chi connectivity index (χ1v) is 8.35. The normalized spacial score (nSPS) is 16.4. The van der Waals surface area contributed by atoms with E-state index in [4.69, 9.17) is 14.2 Å². The van der Waals surface area contributed by atoms with Crippen LogP contribution in [0.25, 0.3) is 11.1 Å². The fourth-order valence-electron chi connectivity index (χ4n) is 2.71. The Morgan fingerprint density at radius 2 is 2.20 bits per heavy atom. The van der Waals surface area contributed by atoms with Crippen LogP contribution in [0.15, 0.2) is 42.7 Å². The number of pyridine rings is 1. The molecule has 0 aliphatic carbocycles. The molecule has 0 saturated carbocycles. The zero-order valence-electron chi connectivity index (χ0n) is 14.2. The van der Waals surface area contributed by atoms with Gasteiger partial charge in [-0.25, -0.2) is 0 Å². The summed E-state index contributed by atoms with van der Waals surface area (Å²) in [6, 6.07) is 9.36. The molecule has 2 heterocycles. The van der Waals surface area contributed by atoms with Gasteiger partial charge in [0.1, 0.15) is 11.5 Å². The average molecular weight is 342 g/mol. The molecule has 1 unspecified atom stereocenters. The van der Waals surface area contributed by atoms with Crippen molar-refractivity contribution < 1.29 is 19.0 Å². The van der Waals surface area contributed by atoms with Crippen LogP contribution in [-0.2, 0) is 9.53 Å². The minimum atomic E-state index is -0.166. The smallest absolute Gasteiger partial charge is 0.258 e. The number of methoxy groups -OCH3 is 1. The number of carbonyl (C=O) groups excluding carboxylic acids is 1. The Morgan fingerprint density at radius 1 is 1.32 bits per heavy atom. The van der Waals surface area contributed by atoms with Crippen molar-refractivity contribution in [2.24, 2.45) is 0 Å². The number of ether oxygens (including phenoxy) is 3. The summed E-state index contributed by atoms with van der Waals surface area (Å²) in [6.45, 7) is 1.26. The standard InChI is InChI=1S/C19H22N2O4/c1-23-17-8-15(14-4-2-6-20-11-14)9-18(10-17)25-13-19(22)21-12-16-5-3-7-24-16/h2,4,6,8-11,16H,3,5,7,12-13H2,1H3,(H,21,22). The van der Waals surface area contributed by atoms with E-state index in [2.05, 4.69) is 10.3 Å². The molecule has 132 valence electrons. The van der Waals surface area contributed by atoms with Crippen LogP contribution in [0.3, 0.4) is 0 Å². The molecule has 1 atom stereocenters. The number of hydrogen-bond acceptors (Lipinski definition) is 5. The van der Waals surface area contributed by atoms with Crippen molar-refractivity contribution in [1.29, 1.82) is 0 Å². The van der Waals surface area contributed by atoms with Gasteiger partial charge in [-0.3, -0.25) is 9.78 Å². The summed E-state index contributed by atoms with van der Waals surface area (Å²) in [7, 11) is 1.60. The minimum absolute atomic E-state index is 0.0492. The van der Waals surface area contributed by atoms with Crippen molar-refractivity contribution in [2.75, 3.05) is 26.9 Å². The fourth-order valence-corrected chi connectivity index (χ4v) is 2.71. The van der Waals surface area contributed by atoms with Crippen LogP contribution >= 0.6 is 0 Å². The van der Waals surface area contributed by atoms with Gasteiger partial charge >= 0.3 is 0 Å². The van der Waals surface area contributed by atoms with Gasteiger partial charge in [-0.15, -0.1) is 0 Å². The molecule has 6 heteroatoms. The Hall–Kier alpha value is -2.60. The highest BCUT2D eigenvalue weighted by Crippen LogP contribution is 2.29. The maximum Gasteiger partial charge on any atom is 0.258 e. The highest BCUT2D eigenvalue weighted by molar-refractivity contribution is 5.77. The molecule has 0 spiro atoms. The lowest BCUT2D eigenvalue weighted by atomic mass is 10.1. The van der Waals surface area contributed by atoms with Crippen LogP contribution in [0.5, 0.6) is 11.5 Å². The summed E-state index contributed by atoms with van der Waals surface area (Å²) in [5.41, 5.74) is 1.87. The van der Waals surface area contributed by atoms with Gasteiger partial charge in [0.05, 0.1) is 13.2 Å². The van der Waals surface area contributed by atoms with Crippen molar-refractivity contribution in [3.63, 3.8) is 0 Å². The molecule has 0 bridgehead atoms. The molecule has 25 heavy (non-hydrogen) atoms. The largest absolute Gasteiger partial charge is 0.497 e. The van der Waals surface area contributed by atoms with E-state index in [1.807, 2.05) is 24.3 Å². The van der Waals surface area contributed by atoms with Crippen molar-refractivity contribution >= 4 is 5.91 Å². The third-order valence-electron chi connectivity index (χ3n) is 4.03. The van der Waals surface area contributed by atoms with Gasteiger partial charge in [0.15, 0.2) is 6.61 Å². The van der Waals surface area contributed by atoms with E-state index in [9.17, 15) is 4.79 Å². The molecule has 1 fully saturated rings. The zero-order chi connectivity index (χ0) is 17.5. The molecule has 1 aliphatic heterocycles. The average Bonchev–Trinajstić information content (AvgIpc) is 3.19. The topological polar surface area (TPSA) is 69.7 Å². The van der Waals surface area contributed by atoms with Gasteiger partial charge < -0.3 is 19.5 Å². The number of nitrogens with one attached hydrogen (secondary N) is 1. The van der Waals surface area contributed by atoms with Gasteiger partial charge in [-0.05, 0) is 36.6 Å². The first-order chi connectivity index (χ1) is 12.2. The van der Waals surface area contributed by atoms with Crippen LogP contribution in [0.2, 0.25) is 0 Å². The van der Waals surface area contributed by atoms with Crippen LogP contribution < -0.4 is 14.8 Å². The van der Waals surface area contributed by atoms with Gasteiger partial charge in [0.25, 0.3) is 5.91 Å². The number of nitrogens with zero attached hydrogens (tertiary/aromatic N) is 1. The van der Waals surface area contributed by atoms with Crippen molar-refractivity contribution in [1.82, 2.24) is 10.3 Å². The van der Waals surface area contributed by atoms with E-state index in [0.717, 1.165) is 30.6 Å². The maximum absolute atomic E-state index is 11.9. The van der Waals surface area contributed by atoms with Crippen LogP contribution in [0.4, 0.5) is 0 Å². The molecule has 2 aromatic rings. The summed E-state index contributed by atoms with van der Waals surface area (Å²) in [6.07, 6.45) is 5.66. The molecule has 6 nitrogen and oxygen atoms in total.